The summed E-state index contributed by atoms with van der Waals surface area (Å²) >= 11 is 0. The molecule has 3 rings (SSSR count). The molecule has 1 unspecified atom stereocenters. The van der Waals surface area contributed by atoms with Crippen LogP contribution in [0.5, 0.6) is 5.88 Å². The van der Waals surface area contributed by atoms with E-state index in [-0.39, 0.29) is 30.4 Å². The molecule has 1 aliphatic rings. The van der Waals surface area contributed by atoms with Crippen LogP contribution in [-0.2, 0) is 11.3 Å². The van der Waals surface area contributed by atoms with E-state index in [1.165, 1.54) is 11.0 Å². The minimum Gasteiger partial charge on any atom is -0.481 e. The summed E-state index contributed by atoms with van der Waals surface area (Å²) in [5.41, 5.74) is 0.906. The van der Waals surface area contributed by atoms with Gasteiger partial charge in [0, 0.05) is 18.7 Å². The number of hydrogen-bond acceptors (Lipinski definition) is 7. The number of nitrogens with one attached hydrogen (secondary N) is 1. The third-order valence-corrected chi connectivity index (χ3v) is 4.22. The standard InChI is InChI=1S/C15H20N6O3/c1-24-14-3-2-10(8-16-14)15(11-6-12(22)7-11)18-13(23)4-5-21-9-17-19-20-21/h2-3,8-9,11-12,15,22H,4-7H2,1H3,(H,18,23). The first-order valence-corrected chi connectivity index (χ1v) is 7.84. The van der Waals surface area contributed by atoms with Gasteiger partial charge in [0.1, 0.15) is 6.33 Å². The molecule has 1 saturated carbocycles. The monoisotopic (exact) mass is 332 g/mol. The van der Waals surface area contributed by atoms with E-state index in [0.717, 1.165) is 5.56 Å². The van der Waals surface area contributed by atoms with E-state index in [1.807, 2.05) is 6.07 Å². The Morgan fingerprint density at radius 3 is 2.92 bits per heavy atom. The Morgan fingerprint density at radius 1 is 1.50 bits per heavy atom. The van der Waals surface area contributed by atoms with Crippen LogP contribution in [-0.4, -0.2) is 49.4 Å². The van der Waals surface area contributed by atoms with Crippen LogP contribution in [0.3, 0.4) is 0 Å². The zero-order chi connectivity index (χ0) is 16.9. The molecular formula is C15H20N6O3. The fraction of sp³-hybridized carbons (Fsp3) is 0.533. The minimum absolute atomic E-state index is 0.0901. The second-order valence-electron chi connectivity index (χ2n) is 5.89. The number of methoxy groups -OCH3 is 1. The van der Waals surface area contributed by atoms with Crippen LogP contribution in [0, 0.1) is 5.92 Å². The van der Waals surface area contributed by atoms with Crippen LogP contribution >= 0.6 is 0 Å². The summed E-state index contributed by atoms with van der Waals surface area (Å²) in [6.07, 6.45) is 4.51. The van der Waals surface area contributed by atoms with E-state index in [9.17, 15) is 9.90 Å². The van der Waals surface area contributed by atoms with Crippen molar-refractivity contribution >= 4 is 5.91 Å². The molecule has 24 heavy (non-hydrogen) atoms. The van der Waals surface area contributed by atoms with Gasteiger partial charge in [0.15, 0.2) is 0 Å². The Morgan fingerprint density at radius 2 is 2.33 bits per heavy atom. The maximum absolute atomic E-state index is 12.3. The predicted octanol–water partition coefficient (Wildman–Crippen LogP) is 0.0952. The highest BCUT2D eigenvalue weighted by Gasteiger charge is 2.35. The number of tetrazole rings is 1. The van der Waals surface area contributed by atoms with Crippen LogP contribution in [0.15, 0.2) is 24.7 Å². The van der Waals surface area contributed by atoms with Crippen molar-refractivity contribution in [3.05, 3.63) is 30.2 Å². The third-order valence-electron chi connectivity index (χ3n) is 4.22. The van der Waals surface area contributed by atoms with Crippen molar-refractivity contribution in [2.24, 2.45) is 5.92 Å². The first-order valence-electron chi connectivity index (χ1n) is 7.84. The molecule has 1 atom stereocenters. The zero-order valence-electron chi connectivity index (χ0n) is 13.4. The van der Waals surface area contributed by atoms with Gasteiger partial charge >= 0.3 is 0 Å². The smallest absolute Gasteiger partial charge is 0.222 e. The summed E-state index contributed by atoms with van der Waals surface area (Å²) in [5, 5.41) is 23.4. The van der Waals surface area contributed by atoms with Crippen molar-refractivity contribution in [2.45, 2.75) is 38.0 Å². The fourth-order valence-electron chi connectivity index (χ4n) is 2.82. The number of aliphatic hydroxyl groups is 1. The average Bonchev–Trinajstić information content (AvgIpc) is 3.09. The van der Waals surface area contributed by atoms with Gasteiger partial charge < -0.3 is 15.2 Å². The molecule has 1 amide bonds. The molecule has 0 saturated heterocycles. The van der Waals surface area contributed by atoms with Gasteiger partial charge in [0.05, 0.1) is 25.8 Å². The molecule has 1 aliphatic carbocycles. The Balaban J connectivity index is 1.64. The number of aryl methyl sites for hydroxylation is 1. The number of hydrogen-bond donors (Lipinski definition) is 2. The molecule has 1 fully saturated rings. The van der Waals surface area contributed by atoms with Gasteiger partial charge in [0.25, 0.3) is 0 Å². The Hall–Kier alpha value is -2.55. The molecule has 128 valence electrons. The van der Waals surface area contributed by atoms with Gasteiger partial charge in [-0.2, -0.15) is 0 Å². The first kappa shape index (κ1) is 16.3. The quantitative estimate of drug-likeness (QED) is 0.738. The maximum atomic E-state index is 12.3. The van der Waals surface area contributed by atoms with Crippen molar-refractivity contribution in [1.29, 1.82) is 0 Å². The molecule has 2 N–H and O–H groups in total. The lowest BCUT2D eigenvalue weighted by Gasteiger charge is -2.38. The van der Waals surface area contributed by atoms with Crippen molar-refractivity contribution in [3.8, 4) is 5.88 Å². The van der Waals surface area contributed by atoms with Crippen molar-refractivity contribution < 1.29 is 14.6 Å². The molecule has 0 aliphatic heterocycles. The summed E-state index contributed by atoms with van der Waals surface area (Å²) in [4.78, 5) is 16.5. The molecule has 0 radical (unpaired) electrons. The largest absolute Gasteiger partial charge is 0.481 e. The number of pyridine rings is 1. The molecular weight excluding hydrogens is 312 g/mol. The van der Waals surface area contributed by atoms with E-state index < -0.39 is 0 Å². The van der Waals surface area contributed by atoms with E-state index in [4.69, 9.17) is 4.74 Å². The number of carbonyl (C=O) groups is 1. The Bertz CT molecular complexity index is 654. The van der Waals surface area contributed by atoms with Gasteiger partial charge in [-0.3, -0.25) is 4.79 Å². The van der Waals surface area contributed by atoms with E-state index in [1.54, 1.807) is 19.4 Å². The highest BCUT2D eigenvalue weighted by Crippen LogP contribution is 2.38. The summed E-state index contributed by atoms with van der Waals surface area (Å²) in [5.74, 6) is 0.635. The number of ether oxygens (including phenoxy) is 1. The fourth-order valence-corrected chi connectivity index (χ4v) is 2.82. The topological polar surface area (TPSA) is 115 Å². The van der Waals surface area contributed by atoms with Crippen LogP contribution in [0.1, 0.15) is 30.9 Å². The van der Waals surface area contributed by atoms with Gasteiger partial charge in [0.2, 0.25) is 11.8 Å². The molecule has 2 aromatic rings. The molecule has 0 aromatic carbocycles. The molecule has 9 nitrogen and oxygen atoms in total. The zero-order valence-corrected chi connectivity index (χ0v) is 13.4. The van der Waals surface area contributed by atoms with E-state index in [0.29, 0.717) is 25.3 Å². The van der Waals surface area contributed by atoms with Gasteiger partial charge in [-0.15, -0.1) is 5.10 Å². The number of carbonyl (C=O) groups excluding carboxylic acids is 1. The third kappa shape index (κ3) is 3.85. The molecule has 2 heterocycles. The summed E-state index contributed by atoms with van der Waals surface area (Å²) in [6, 6.07) is 3.49. The van der Waals surface area contributed by atoms with Crippen molar-refractivity contribution in [3.63, 3.8) is 0 Å². The van der Waals surface area contributed by atoms with Crippen LogP contribution in [0.4, 0.5) is 0 Å². The van der Waals surface area contributed by atoms with Crippen LogP contribution in [0.2, 0.25) is 0 Å². The van der Waals surface area contributed by atoms with Crippen LogP contribution < -0.4 is 10.1 Å². The lowest BCUT2D eigenvalue weighted by atomic mass is 9.75. The molecule has 0 bridgehead atoms. The highest BCUT2D eigenvalue weighted by atomic mass is 16.5. The number of amides is 1. The minimum atomic E-state index is -0.290. The first-order chi connectivity index (χ1) is 11.7. The lowest BCUT2D eigenvalue weighted by molar-refractivity contribution is -0.123. The maximum Gasteiger partial charge on any atom is 0.222 e. The molecule has 0 spiro atoms. The summed E-state index contributed by atoms with van der Waals surface area (Å²) in [6.45, 7) is 0.416. The van der Waals surface area contributed by atoms with Crippen molar-refractivity contribution in [1.82, 2.24) is 30.5 Å². The predicted molar refractivity (Wildman–Crippen MR) is 82.8 cm³/mol. The normalized spacial score (nSPS) is 20.9. The Kier molecular flexibility index (Phi) is 4.99. The highest BCUT2D eigenvalue weighted by molar-refractivity contribution is 5.76. The van der Waals surface area contributed by atoms with E-state index in [2.05, 4.69) is 25.8 Å². The van der Waals surface area contributed by atoms with Gasteiger partial charge in [-0.05, 0) is 34.7 Å². The number of aromatic nitrogens is 5. The SMILES string of the molecule is COc1ccc(C(NC(=O)CCn2cnnn2)C2CC(O)C2)cn1. The van der Waals surface area contributed by atoms with Gasteiger partial charge in [-0.25, -0.2) is 9.67 Å². The number of aliphatic hydroxyl groups excluding tert-OH is 1. The number of nitrogens with zero attached hydrogens (tertiary/aromatic N) is 5. The molecule has 2 aromatic heterocycles. The Labute approximate surface area is 139 Å². The summed E-state index contributed by atoms with van der Waals surface area (Å²) < 4.78 is 6.58. The summed E-state index contributed by atoms with van der Waals surface area (Å²) in [7, 11) is 1.56. The average molecular weight is 332 g/mol. The van der Waals surface area contributed by atoms with Crippen molar-refractivity contribution in [2.75, 3.05) is 7.11 Å². The second-order valence-corrected chi connectivity index (χ2v) is 5.89. The van der Waals surface area contributed by atoms with Crippen LogP contribution in [0.25, 0.3) is 0 Å². The number of rotatable bonds is 7. The molecule has 9 heteroatoms. The second kappa shape index (κ2) is 7.35. The van der Waals surface area contributed by atoms with E-state index >= 15 is 0 Å². The van der Waals surface area contributed by atoms with Gasteiger partial charge in [-0.1, -0.05) is 6.07 Å². The lowest BCUT2D eigenvalue weighted by Crippen LogP contribution is -2.41.